The zero-order chi connectivity index (χ0) is 23.6. The monoisotopic (exact) mass is 430 g/mol. The molecule has 0 radical (unpaired) electrons. The first-order chi connectivity index (χ1) is 14.7. The lowest BCUT2D eigenvalue weighted by Crippen LogP contribution is -2.29. The summed E-state index contributed by atoms with van der Waals surface area (Å²) in [4.78, 5) is 20.4. The van der Waals surface area contributed by atoms with E-state index >= 15 is 0 Å². The third-order valence-electron chi connectivity index (χ3n) is 4.45. The second-order valence-corrected chi connectivity index (χ2v) is 6.98. The average molecular weight is 431 g/mol. The first-order valence-electron chi connectivity index (χ1n) is 10.3. The molecule has 0 saturated heterocycles. The summed E-state index contributed by atoms with van der Waals surface area (Å²) in [5.74, 6) is -1.76. The van der Waals surface area contributed by atoms with Crippen LogP contribution in [0.1, 0.15) is 60.2 Å². The van der Waals surface area contributed by atoms with E-state index in [-0.39, 0.29) is 5.92 Å². The lowest BCUT2D eigenvalue weighted by atomic mass is 9.89. The van der Waals surface area contributed by atoms with Crippen molar-refractivity contribution in [3.05, 3.63) is 84.4 Å². The van der Waals surface area contributed by atoms with Gasteiger partial charge in [0.05, 0.1) is 23.3 Å². The zero-order valence-electron chi connectivity index (χ0n) is 18.2. The summed E-state index contributed by atoms with van der Waals surface area (Å²) in [5, 5.41) is 35.9. The molecule has 6 nitrogen and oxygen atoms in total. The Kier molecular flexibility index (Phi) is 15.2. The molecule has 0 aromatic heterocycles. The number of carboxylic acid groups (broad SMARTS) is 2. The minimum atomic E-state index is -0.879. The molecule has 0 spiro atoms. The molecule has 4 N–H and O–H groups in total. The van der Waals surface area contributed by atoms with E-state index in [4.69, 9.17) is 10.2 Å². The number of aliphatic hydroxyl groups is 2. The largest absolute Gasteiger partial charge is 0.478 e. The summed E-state index contributed by atoms with van der Waals surface area (Å²) in [6.07, 6.45) is 4.45. The van der Waals surface area contributed by atoms with Crippen molar-refractivity contribution in [3.8, 4) is 0 Å². The second-order valence-electron chi connectivity index (χ2n) is 6.98. The van der Waals surface area contributed by atoms with Crippen molar-refractivity contribution >= 4 is 11.9 Å². The highest BCUT2D eigenvalue weighted by atomic mass is 16.4. The molecule has 3 unspecified atom stereocenters. The van der Waals surface area contributed by atoms with Crippen molar-refractivity contribution in [1.29, 1.82) is 0 Å². The second kappa shape index (κ2) is 16.8. The third kappa shape index (κ3) is 13.1. The van der Waals surface area contributed by atoms with E-state index in [1.165, 1.54) is 0 Å². The van der Waals surface area contributed by atoms with E-state index in [0.29, 0.717) is 17.5 Å². The highest BCUT2D eigenvalue weighted by molar-refractivity contribution is 5.87. The van der Waals surface area contributed by atoms with Crippen LogP contribution in [0.2, 0.25) is 0 Å². The van der Waals surface area contributed by atoms with Gasteiger partial charge >= 0.3 is 11.9 Å². The Morgan fingerprint density at radius 2 is 1.32 bits per heavy atom. The van der Waals surface area contributed by atoms with Crippen LogP contribution in [0.4, 0.5) is 0 Å². The van der Waals surface area contributed by atoms with E-state index in [1.807, 2.05) is 0 Å². The summed E-state index contributed by atoms with van der Waals surface area (Å²) in [6.45, 7) is 7.43. The van der Waals surface area contributed by atoms with Gasteiger partial charge < -0.3 is 20.4 Å². The fourth-order valence-electron chi connectivity index (χ4n) is 2.70. The molecule has 170 valence electrons. The number of unbranched alkanes of at least 4 members (excludes halogenated alkanes) is 1. The molecule has 0 heterocycles. The van der Waals surface area contributed by atoms with Crippen molar-refractivity contribution < 1.29 is 30.0 Å². The molecule has 2 aromatic carbocycles. The van der Waals surface area contributed by atoms with Crippen LogP contribution in [-0.4, -0.2) is 44.6 Å². The SMILES string of the molecule is C=CCC(O)C(CCCC)C(C)O.O=C(O)c1ccccc1.O=C(O)c1ccccc1. The van der Waals surface area contributed by atoms with Gasteiger partial charge in [0, 0.05) is 5.92 Å². The molecule has 0 bridgehead atoms. The number of aromatic carboxylic acids is 2. The van der Waals surface area contributed by atoms with Gasteiger partial charge in [0.25, 0.3) is 0 Å². The topological polar surface area (TPSA) is 115 Å². The molecule has 0 aliphatic carbocycles. The molecule has 2 aromatic rings. The number of hydrogen-bond acceptors (Lipinski definition) is 4. The van der Waals surface area contributed by atoms with Crippen LogP contribution in [0.3, 0.4) is 0 Å². The maximum atomic E-state index is 10.2. The Morgan fingerprint density at radius 3 is 1.58 bits per heavy atom. The Bertz CT molecular complexity index is 694. The number of aliphatic hydroxyl groups excluding tert-OH is 2. The molecule has 31 heavy (non-hydrogen) atoms. The standard InChI is InChI=1S/C11H22O2.2C7H6O2/c1-4-6-8-10(9(3)12)11(13)7-5-2;2*8-7(9)6-4-2-1-3-5-6/h5,9-13H,2,4,6-8H2,1,3H3;2*1-5H,(H,8,9). The fraction of sp³-hybridized carbons (Fsp3) is 0.360. The average Bonchev–Trinajstić information content (AvgIpc) is 2.76. The van der Waals surface area contributed by atoms with Gasteiger partial charge in [-0.2, -0.15) is 0 Å². The summed E-state index contributed by atoms with van der Waals surface area (Å²) in [6, 6.07) is 16.6. The Morgan fingerprint density at radius 1 is 0.903 bits per heavy atom. The van der Waals surface area contributed by atoms with Crippen LogP contribution >= 0.6 is 0 Å². The zero-order valence-corrected chi connectivity index (χ0v) is 18.2. The summed E-state index contributed by atoms with van der Waals surface area (Å²) < 4.78 is 0. The van der Waals surface area contributed by atoms with Gasteiger partial charge in [-0.15, -0.1) is 6.58 Å². The van der Waals surface area contributed by atoms with Gasteiger partial charge in [-0.3, -0.25) is 0 Å². The lowest BCUT2D eigenvalue weighted by Gasteiger charge is -2.24. The lowest BCUT2D eigenvalue weighted by molar-refractivity contribution is 0.0179. The number of benzene rings is 2. The van der Waals surface area contributed by atoms with Gasteiger partial charge in [0.15, 0.2) is 0 Å². The van der Waals surface area contributed by atoms with Gasteiger partial charge in [-0.05, 0) is 44.0 Å². The molecule has 2 rings (SSSR count). The van der Waals surface area contributed by atoms with E-state index in [0.717, 1.165) is 19.3 Å². The normalized spacial score (nSPS) is 12.6. The molecular formula is C25H34O6. The summed E-state index contributed by atoms with van der Waals surface area (Å²) in [5.41, 5.74) is 0.662. The Balaban J connectivity index is 0.000000445. The number of carbonyl (C=O) groups is 2. The Hall–Kier alpha value is -2.96. The van der Waals surface area contributed by atoms with E-state index in [2.05, 4.69) is 13.5 Å². The number of rotatable bonds is 9. The molecule has 0 aliphatic rings. The predicted octanol–water partition coefficient (Wildman–Crippen LogP) is 4.88. The van der Waals surface area contributed by atoms with Crippen molar-refractivity contribution in [1.82, 2.24) is 0 Å². The quantitative estimate of drug-likeness (QED) is 0.422. The summed E-state index contributed by atoms with van der Waals surface area (Å²) >= 11 is 0. The minimum absolute atomic E-state index is 0.00190. The van der Waals surface area contributed by atoms with E-state index in [9.17, 15) is 19.8 Å². The van der Waals surface area contributed by atoms with Crippen molar-refractivity contribution in [2.24, 2.45) is 5.92 Å². The van der Waals surface area contributed by atoms with Crippen LogP contribution in [0.5, 0.6) is 0 Å². The maximum absolute atomic E-state index is 10.2. The Labute approximate surface area is 184 Å². The first-order valence-corrected chi connectivity index (χ1v) is 10.3. The third-order valence-corrected chi connectivity index (χ3v) is 4.45. The van der Waals surface area contributed by atoms with Crippen molar-refractivity contribution in [3.63, 3.8) is 0 Å². The van der Waals surface area contributed by atoms with Gasteiger partial charge in [-0.1, -0.05) is 62.2 Å². The highest BCUT2D eigenvalue weighted by Crippen LogP contribution is 2.19. The molecule has 0 saturated carbocycles. The van der Waals surface area contributed by atoms with Crippen molar-refractivity contribution in [2.45, 2.75) is 51.7 Å². The molecular weight excluding hydrogens is 396 g/mol. The molecule has 0 aliphatic heterocycles. The molecule has 3 atom stereocenters. The predicted molar refractivity (Wildman–Crippen MR) is 122 cm³/mol. The van der Waals surface area contributed by atoms with E-state index in [1.54, 1.807) is 73.7 Å². The minimum Gasteiger partial charge on any atom is -0.478 e. The van der Waals surface area contributed by atoms with Crippen LogP contribution in [0.25, 0.3) is 0 Å². The number of hydrogen-bond donors (Lipinski definition) is 4. The maximum Gasteiger partial charge on any atom is 0.335 e. The van der Waals surface area contributed by atoms with Gasteiger partial charge in [0.1, 0.15) is 0 Å². The van der Waals surface area contributed by atoms with Crippen LogP contribution in [0.15, 0.2) is 73.3 Å². The molecule has 6 heteroatoms. The van der Waals surface area contributed by atoms with Gasteiger partial charge in [-0.25, -0.2) is 9.59 Å². The first kappa shape index (κ1) is 28.0. The summed E-state index contributed by atoms with van der Waals surface area (Å²) in [7, 11) is 0. The molecule has 0 amide bonds. The number of carboxylic acids is 2. The van der Waals surface area contributed by atoms with Crippen molar-refractivity contribution in [2.75, 3.05) is 0 Å². The van der Waals surface area contributed by atoms with Crippen LogP contribution < -0.4 is 0 Å². The van der Waals surface area contributed by atoms with Gasteiger partial charge in [0.2, 0.25) is 0 Å². The smallest absolute Gasteiger partial charge is 0.335 e. The molecule has 0 fully saturated rings. The highest BCUT2D eigenvalue weighted by Gasteiger charge is 2.22. The fourth-order valence-corrected chi connectivity index (χ4v) is 2.70. The van der Waals surface area contributed by atoms with Crippen LogP contribution in [-0.2, 0) is 0 Å². The van der Waals surface area contributed by atoms with E-state index < -0.39 is 24.1 Å². The van der Waals surface area contributed by atoms with Crippen LogP contribution in [0, 0.1) is 5.92 Å².